The lowest BCUT2D eigenvalue weighted by molar-refractivity contribution is 0.0672. The Balaban J connectivity index is 1.75. The number of rotatable bonds is 2. The fourth-order valence-corrected chi connectivity index (χ4v) is 3.24. The summed E-state index contributed by atoms with van der Waals surface area (Å²) in [5.74, 6) is -0.236. The van der Waals surface area contributed by atoms with Crippen LogP contribution >= 0.6 is 0 Å². The van der Waals surface area contributed by atoms with E-state index in [9.17, 15) is 9.90 Å². The van der Waals surface area contributed by atoms with Gasteiger partial charge in [0.1, 0.15) is 5.75 Å². The van der Waals surface area contributed by atoms with E-state index in [1.807, 2.05) is 7.05 Å². The van der Waals surface area contributed by atoms with Gasteiger partial charge < -0.3 is 15.3 Å². The summed E-state index contributed by atoms with van der Waals surface area (Å²) >= 11 is 0. The zero-order valence-electron chi connectivity index (χ0n) is 11.0. The van der Waals surface area contributed by atoms with Crippen LogP contribution < -0.4 is 5.32 Å². The maximum Gasteiger partial charge on any atom is 0.276 e. The molecule has 5 heteroatoms. The highest BCUT2D eigenvalue weighted by Gasteiger charge is 2.37. The number of pyridine rings is 1. The van der Waals surface area contributed by atoms with Crippen LogP contribution in [0.25, 0.3) is 0 Å². The fourth-order valence-electron chi connectivity index (χ4n) is 3.24. The molecule has 0 aromatic carbocycles. The van der Waals surface area contributed by atoms with E-state index in [2.05, 4.69) is 10.3 Å². The number of hydrogen-bond donors (Lipinski definition) is 2. The summed E-state index contributed by atoms with van der Waals surface area (Å²) in [6, 6.07) is 4.44. The Morgan fingerprint density at radius 1 is 1.42 bits per heavy atom. The summed E-state index contributed by atoms with van der Waals surface area (Å²) in [5.41, 5.74) is 0.149. The molecule has 5 nitrogen and oxygen atoms in total. The molecule has 1 amide bonds. The van der Waals surface area contributed by atoms with E-state index in [0.717, 1.165) is 12.8 Å². The van der Waals surface area contributed by atoms with Gasteiger partial charge in [-0.2, -0.15) is 0 Å². The third kappa shape index (κ3) is 2.30. The molecule has 0 saturated carbocycles. The minimum atomic E-state index is -0.190. The maximum absolute atomic E-state index is 12.4. The van der Waals surface area contributed by atoms with Crippen LogP contribution in [0.5, 0.6) is 5.75 Å². The molecule has 0 aliphatic carbocycles. The topological polar surface area (TPSA) is 65.5 Å². The first-order valence-electron chi connectivity index (χ1n) is 6.82. The Labute approximate surface area is 112 Å². The first-order chi connectivity index (χ1) is 9.15. The molecular formula is C14H19N3O2. The van der Waals surface area contributed by atoms with E-state index in [1.165, 1.54) is 25.1 Å². The van der Waals surface area contributed by atoms with Crippen LogP contribution in [-0.2, 0) is 0 Å². The SMILES string of the molecule is CN(C(=O)c1ncccc1O)C1CC2CCC(C1)N2. The molecule has 102 valence electrons. The smallest absolute Gasteiger partial charge is 0.276 e. The highest BCUT2D eigenvalue weighted by Crippen LogP contribution is 2.30. The van der Waals surface area contributed by atoms with Crippen LogP contribution in [0.4, 0.5) is 0 Å². The Bertz CT molecular complexity index is 479. The van der Waals surface area contributed by atoms with Gasteiger partial charge >= 0.3 is 0 Å². The summed E-state index contributed by atoms with van der Waals surface area (Å²) in [5, 5.41) is 13.3. The van der Waals surface area contributed by atoms with Crippen molar-refractivity contribution in [3.63, 3.8) is 0 Å². The first kappa shape index (κ1) is 12.4. The molecule has 1 aromatic rings. The van der Waals surface area contributed by atoms with Gasteiger partial charge in [-0.3, -0.25) is 4.79 Å². The van der Waals surface area contributed by atoms with Crippen molar-refractivity contribution < 1.29 is 9.90 Å². The van der Waals surface area contributed by atoms with Crippen LogP contribution in [-0.4, -0.2) is 46.1 Å². The van der Waals surface area contributed by atoms with E-state index in [-0.39, 0.29) is 23.4 Å². The summed E-state index contributed by atoms with van der Waals surface area (Å²) in [6.07, 6.45) is 5.93. The number of aromatic nitrogens is 1. The second-order valence-corrected chi connectivity index (χ2v) is 5.55. The lowest BCUT2D eigenvalue weighted by Gasteiger charge is -2.35. The number of amides is 1. The van der Waals surface area contributed by atoms with Crippen molar-refractivity contribution in [2.75, 3.05) is 7.05 Å². The van der Waals surface area contributed by atoms with E-state index < -0.39 is 0 Å². The van der Waals surface area contributed by atoms with Gasteiger partial charge in [0.2, 0.25) is 0 Å². The molecule has 2 N–H and O–H groups in total. The summed E-state index contributed by atoms with van der Waals surface area (Å²) in [7, 11) is 1.81. The van der Waals surface area contributed by atoms with Gasteiger partial charge in [0.15, 0.2) is 5.69 Å². The molecule has 2 saturated heterocycles. The number of nitrogens with zero attached hydrogens (tertiary/aromatic N) is 2. The molecule has 3 heterocycles. The fraction of sp³-hybridized carbons (Fsp3) is 0.571. The van der Waals surface area contributed by atoms with Crippen molar-refractivity contribution in [2.45, 2.75) is 43.8 Å². The highest BCUT2D eigenvalue weighted by molar-refractivity contribution is 5.94. The van der Waals surface area contributed by atoms with Gasteiger partial charge in [0.05, 0.1) is 0 Å². The van der Waals surface area contributed by atoms with Gasteiger partial charge in [-0.1, -0.05) is 0 Å². The molecule has 2 fully saturated rings. The minimum Gasteiger partial charge on any atom is -0.505 e. The van der Waals surface area contributed by atoms with Crippen molar-refractivity contribution in [1.29, 1.82) is 0 Å². The van der Waals surface area contributed by atoms with Crippen LogP contribution in [0.3, 0.4) is 0 Å². The van der Waals surface area contributed by atoms with E-state index in [1.54, 1.807) is 11.0 Å². The van der Waals surface area contributed by atoms with E-state index in [4.69, 9.17) is 0 Å². The maximum atomic E-state index is 12.4. The molecule has 2 aliphatic heterocycles. The van der Waals surface area contributed by atoms with Gasteiger partial charge in [0, 0.05) is 31.4 Å². The van der Waals surface area contributed by atoms with Crippen molar-refractivity contribution in [3.8, 4) is 5.75 Å². The molecule has 2 atom stereocenters. The number of nitrogens with one attached hydrogen (secondary N) is 1. The van der Waals surface area contributed by atoms with Crippen molar-refractivity contribution in [3.05, 3.63) is 24.0 Å². The third-order valence-corrected chi connectivity index (χ3v) is 4.31. The Hall–Kier alpha value is -1.62. The lowest BCUT2D eigenvalue weighted by atomic mass is 9.98. The predicted octanol–water partition coefficient (Wildman–Crippen LogP) is 1.14. The van der Waals surface area contributed by atoms with Crippen molar-refractivity contribution >= 4 is 5.91 Å². The molecule has 1 aromatic heterocycles. The molecular weight excluding hydrogens is 242 g/mol. The number of carbonyl (C=O) groups is 1. The predicted molar refractivity (Wildman–Crippen MR) is 71.0 cm³/mol. The largest absolute Gasteiger partial charge is 0.505 e. The Morgan fingerprint density at radius 3 is 2.74 bits per heavy atom. The standard InChI is InChI=1S/C14H19N3O2/c1-17(11-7-9-4-5-10(8-11)16-9)14(19)13-12(18)3-2-6-15-13/h2-3,6,9-11,16,18H,4-5,7-8H2,1H3. The van der Waals surface area contributed by atoms with Crippen molar-refractivity contribution in [2.24, 2.45) is 0 Å². The number of piperidine rings is 1. The average molecular weight is 261 g/mol. The molecule has 3 rings (SSSR count). The zero-order chi connectivity index (χ0) is 13.4. The minimum absolute atomic E-state index is 0.0451. The van der Waals surface area contributed by atoms with E-state index >= 15 is 0 Å². The van der Waals surface area contributed by atoms with Crippen molar-refractivity contribution in [1.82, 2.24) is 15.2 Å². The van der Waals surface area contributed by atoms with Crippen LogP contribution in [0.15, 0.2) is 18.3 Å². The molecule has 2 bridgehead atoms. The number of hydrogen-bond acceptors (Lipinski definition) is 4. The van der Waals surface area contributed by atoms with Crippen LogP contribution in [0, 0.1) is 0 Å². The normalized spacial score (nSPS) is 29.2. The average Bonchev–Trinajstić information content (AvgIpc) is 2.76. The number of aromatic hydroxyl groups is 1. The van der Waals surface area contributed by atoms with E-state index in [0.29, 0.717) is 12.1 Å². The summed E-state index contributed by atoms with van der Waals surface area (Å²) in [4.78, 5) is 18.1. The molecule has 2 aliphatic rings. The molecule has 2 unspecified atom stereocenters. The summed E-state index contributed by atoms with van der Waals surface area (Å²) < 4.78 is 0. The number of fused-ring (bicyclic) bond motifs is 2. The summed E-state index contributed by atoms with van der Waals surface area (Å²) in [6.45, 7) is 0. The quantitative estimate of drug-likeness (QED) is 0.838. The number of carbonyl (C=O) groups excluding carboxylic acids is 1. The molecule has 19 heavy (non-hydrogen) atoms. The first-order valence-corrected chi connectivity index (χ1v) is 6.82. The third-order valence-electron chi connectivity index (χ3n) is 4.31. The monoisotopic (exact) mass is 261 g/mol. The van der Waals surface area contributed by atoms with Gasteiger partial charge in [-0.25, -0.2) is 4.98 Å². The van der Waals surface area contributed by atoms with Gasteiger partial charge in [-0.05, 0) is 37.8 Å². The van der Waals surface area contributed by atoms with Gasteiger partial charge in [0.25, 0.3) is 5.91 Å². The molecule has 0 spiro atoms. The van der Waals surface area contributed by atoms with Crippen LogP contribution in [0.1, 0.15) is 36.2 Å². The lowest BCUT2D eigenvalue weighted by Crippen LogP contribution is -2.48. The molecule has 0 radical (unpaired) electrons. The second-order valence-electron chi connectivity index (χ2n) is 5.55. The van der Waals surface area contributed by atoms with Crippen LogP contribution in [0.2, 0.25) is 0 Å². The Morgan fingerprint density at radius 2 is 2.11 bits per heavy atom. The van der Waals surface area contributed by atoms with Gasteiger partial charge in [-0.15, -0.1) is 0 Å². The Kier molecular flexibility index (Phi) is 3.14. The zero-order valence-corrected chi connectivity index (χ0v) is 11.0. The highest BCUT2D eigenvalue weighted by atomic mass is 16.3. The second kappa shape index (κ2) is 4.81.